The lowest BCUT2D eigenvalue weighted by Crippen LogP contribution is -2.31. The number of carbonyl (C=O) groups is 1. The van der Waals surface area contributed by atoms with Crippen LogP contribution in [0.15, 0.2) is 24.3 Å². The maximum atomic E-state index is 11.3. The van der Waals surface area contributed by atoms with Gasteiger partial charge < -0.3 is 14.5 Å². The van der Waals surface area contributed by atoms with Crippen LogP contribution >= 0.6 is 15.9 Å². The van der Waals surface area contributed by atoms with Crippen LogP contribution in [0.2, 0.25) is 0 Å². The first-order chi connectivity index (χ1) is 8.54. The molecule has 0 fully saturated rings. The van der Waals surface area contributed by atoms with E-state index in [1.807, 2.05) is 43.3 Å². The summed E-state index contributed by atoms with van der Waals surface area (Å²) in [6.07, 6.45) is 0. The van der Waals surface area contributed by atoms with E-state index < -0.39 is 0 Å². The SMILES string of the molecule is CN(CCOc1cccc(N(C)C)c1)C(=O)CBr. The Hall–Kier alpha value is -1.23. The third kappa shape index (κ3) is 4.56. The van der Waals surface area contributed by atoms with Crippen LogP contribution in [-0.4, -0.2) is 50.4 Å². The average Bonchev–Trinajstić information content (AvgIpc) is 2.38. The fourth-order valence-electron chi connectivity index (χ4n) is 1.38. The summed E-state index contributed by atoms with van der Waals surface area (Å²) in [7, 11) is 5.74. The summed E-state index contributed by atoms with van der Waals surface area (Å²) in [6.45, 7) is 1.07. The molecule has 0 N–H and O–H groups in total. The number of benzene rings is 1. The molecule has 18 heavy (non-hydrogen) atoms. The Bertz CT molecular complexity index is 396. The maximum Gasteiger partial charge on any atom is 0.233 e. The number of alkyl halides is 1. The molecule has 0 heterocycles. The Morgan fingerprint density at radius 1 is 1.33 bits per heavy atom. The lowest BCUT2D eigenvalue weighted by molar-refractivity contribution is -0.127. The molecule has 4 nitrogen and oxygen atoms in total. The molecule has 5 heteroatoms. The lowest BCUT2D eigenvalue weighted by atomic mass is 10.3. The molecule has 0 saturated heterocycles. The number of hydrogen-bond acceptors (Lipinski definition) is 3. The van der Waals surface area contributed by atoms with Gasteiger partial charge in [0.25, 0.3) is 0 Å². The van der Waals surface area contributed by atoms with Crippen LogP contribution in [0.25, 0.3) is 0 Å². The van der Waals surface area contributed by atoms with Crippen LogP contribution in [-0.2, 0) is 4.79 Å². The van der Waals surface area contributed by atoms with Crippen molar-refractivity contribution < 1.29 is 9.53 Å². The number of likely N-dealkylation sites (N-methyl/N-ethyl adjacent to an activating group) is 1. The topological polar surface area (TPSA) is 32.8 Å². The minimum Gasteiger partial charge on any atom is -0.492 e. The van der Waals surface area contributed by atoms with E-state index in [9.17, 15) is 4.79 Å². The lowest BCUT2D eigenvalue weighted by Gasteiger charge is -2.17. The molecule has 1 rings (SSSR count). The van der Waals surface area contributed by atoms with E-state index in [0.717, 1.165) is 11.4 Å². The molecule has 1 amide bonds. The molecule has 0 unspecified atom stereocenters. The Morgan fingerprint density at radius 2 is 2.06 bits per heavy atom. The van der Waals surface area contributed by atoms with Gasteiger partial charge in [0.05, 0.1) is 11.9 Å². The van der Waals surface area contributed by atoms with Crippen LogP contribution in [0.1, 0.15) is 0 Å². The predicted octanol–water partition coefficient (Wildman–Crippen LogP) is 1.98. The largest absolute Gasteiger partial charge is 0.492 e. The summed E-state index contributed by atoms with van der Waals surface area (Å²) in [5.41, 5.74) is 1.09. The minimum atomic E-state index is 0.0562. The van der Waals surface area contributed by atoms with Gasteiger partial charge in [0.2, 0.25) is 5.91 Å². The van der Waals surface area contributed by atoms with Crippen molar-refractivity contribution in [3.05, 3.63) is 24.3 Å². The van der Waals surface area contributed by atoms with Crippen LogP contribution in [0.5, 0.6) is 5.75 Å². The summed E-state index contributed by atoms with van der Waals surface area (Å²) in [6, 6.07) is 7.87. The molecule has 0 radical (unpaired) electrons. The molecule has 0 aliphatic carbocycles. The van der Waals surface area contributed by atoms with Crippen molar-refractivity contribution in [1.29, 1.82) is 0 Å². The van der Waals surface area contributed by atoms with E-state index in [1.54, 1.807) is 11.9 Å². The summed E-state index contributed by atoms with van der Waals surface area (Å²) in [5, 5.41) is 0.347. The molecule has 0 spiro atoms. The van der Waals surface area contributed by atoms with Gasteiger partial charge in [0.15, 0.2) is 0 Å². The Morgan fingerprint density at radius 3 is 2.67 bits per heavy atom. The molecule has 100 valence electrons. The van der Waals surface area contributed by atoms with E-state index in [0.29, 0.717) is 18.5 Å². The fraction of sp³-hybridized carbons (Fsp3) is 0.462. The van der Waals surface area contributed by atoms with E-state index in [2.05, 4.69) is 15.9 Å². The fourth-order valence-corrected chi connectivity index (χ4v) is 1.81. The number of amides is 1. The second-order valence-corrected chi connectivity index (χ2v) is 4.75. The quantitative estimate of drug-likeness (QED) is 0.753. The first-order valence-corrected chi connectivity index (χ1v) is 6.87. The molecule has 0 aliphatic rings. The van der Waals surface area contributed by atoms with Crippen molar-refractivity contribution in [3.8, 4) is 5.75 Å². The van der Waals surface area contributed by atoms with Crippen LogP contribution in [0.3, 0.4) is 0 Å². The summed E-state index contributed by atoms with van der Waals surface area (Å²) in [5.74, 6) is 0.876. The maximum absolute atomic E-state index is 11.3. The molecule has 0 saturated carbocycles. The average molecular weight is 315 g/mol. The normalized spacial score (nSPS) is 10.0. The zero-order valence-electron chi connectivity index (χ0n) is 11.0. The molecular weight excluding hydrogens is 296 g/mol. The van der Waals surface area contributed by atoms with Gasteiger partial charge in [-0.2, -0.15) is 0 Å². The highest BCUT2D eigenvalue weighted by atomic mass is 79.9. The van der Waals surface area contributed by atoms with Crippen molar-refractivity contribution >= 4 is 27.5 Å². The van der Waals surface area contributed by atoms with Crippen molar-refractivity contribution in [2.45, 2.75) is 0 Å². The number of nitrogens with zero attached hydrogens (tertiary/aromatic N) is 2. The number of halogens is 1. The van der Waals surface area contributed by atoms with Crippen molar-refractivity contribution in [3.63, 3.8) is 0 Å². The Balaban J connectivity index is 2.44. The van der Waals surface area contributed by atoms with E-state index in [4.69, 9.17) is 4.74 Å². The van der Waals surface area contributed by atoms with Gasteiger partial charge in [-0.15, -0.1) is 0 Å². The highest BCUT2D eigenvalue weighted by Gasteiger charge is 2.06. The summed E-state index contributed by atoms with van der Waals surface area (Å²) < 4.78 is 5.63. The van der Waals surface area contributed by atoms with Gasteiger partial charge in [0.1, 0.15) is 12.4 Å². The van der Waals surface area contributed by atoms with Crippen LogP contribution in [0, 0.1) is 0 Å². The van der Waals surface area contributed by atoms with Crippen molar-refractivity contribution in [2.75, 3.05) is 44.5 Å². The Kier molecular flexibility index (Phi) is 5.98. The monoisotopic (exact) mass is 314 g/mol. The zero-order valence-corrected chi connectivity index (χ0v) is 12.6. The second kappa shape index (κ2) is 7.26. The van der Waals surface area contributed by atoms with Crippen molar-refractivity contribution in [1.82, 2.24) is 4.90 Å². The molecule has 1 aromatic carbocycles. The van der Waals surface area contributed by atoms with Gasteiger partial charge in [-0.05, 0) is 12.1 Å². The third-order valence-electron chi connectivity index (χ3n) is 2.57. The molecule has 0 aromatic heterocycles. The van der Waals surface area contributed by atoms with Crippen LogP contribution < -0.4 is 9.64 Å². The number of ether oxygens (including phenoxy) is 1. The molecule has 1 aromatic rings. The first kappa shape index (κ1) is 14.8. The predicted molar refractivity (Wildman–Crippen MR) is 77.7 cm³/mol. The van der Waals surface area contributed by atoms with E-state index in [-0.39, 0.29) is 5.91 Å². The smallest absolute Gasteiger partial charge is 0.233 e. The van der Waals surface area contributed by atoms with Gasteiger partial charge in [-0.1, -0.05) is 22.0 Å². The Labute approximate surface area is 117 Å². The minimum absolute atomic E-state index is 0.0562. The summed E-state index contributed by atoms with van der Waals surface area (Å²) >= 11 is 3.14. The standard InChI is InChI=1S/C13H19BrN2O2/c1-15(2)11-5-4-6-12(9-11)18-8-7-16(3)13(17)10-14/h4-6,9H,7-8,10H2,1-3H3. The van der Waals surface area contributed by atoms with Gasteiger partial charge in [0, 0.05) is 32.9 Å². The van der Waals surface area contributed by atoms with Crippen molar-refractivity contribution in [2.24, 2.45) is 0 Å². The van der Waals surface area contributed by atoms with E-state index >= 15 is 0 Å². The van der Waals surface area contributed by atoms with Gasteiger partial charge >= 0.3 is 0 Å². The van der Waals surface area contributed by atoms with Gasteiger partial charge in [-0.25, -0.2) is 0 Å². The highest BCUT2D eigenvalue weighted by molar-refractivity contribution is 9.09. The molecule has 0 bridgehead atoms. The van der Waals surface area contributed by atoms with Crippen LogP contribution in [0.4, 0.5) is 5.69 Å². The van der Waals surface area contributed by atoms with E-state index in [1.165, 1.54) is 0 Å². The number of carbonyl (C=O) groups excluding carboxylic acids is 1. The molecular formula is C13H19BrN2O2. The number of anilines is 1. The van der Waals surface area contributed by atoms with Gasteiger partial charge in [-0.3, -0.25) is 4.79 Å². The number of hydrogen-bond donors (Lipinski definition) is 0. The molecule has 0 aliphatic heterocycles. The zero-order chi connectivity index (χ0) is 13.5. The molecule has 0 atom stereocenters. The second-order valence-electron chi connectivity index (χ2n) is 4.19. The first-order valence-electron chi connectivity index (χ1n) is 5.74. The highest BCUT2D eigenvalue weighted by Crippen LogP contribution is 2.19. The summed E-state index contributed by atoms with van der Waals surface area (Å²) in [4.78, 5) is 15.0. The number of rotatable bonds is 6. The third-order valence-corrected chi connectivity index (χ3v) is 3.05.